The highest BCUT2D eigenvalue weighted by Crippen LogP contribution is 2.23. The molecule has 0 saturated carbocycles. The largest absolute Gasteiger partial charge is 0.312 e. The van der Waals surface area contributed by atoms with Crippen molar-refractivity contribution in [2.45, 2.75) is 58.7 Å². The zero-order valence-electron chi connectivity index (χ0n) is 12.5. The molecule has 1 aliphatic rings. The van der Waals surface area contributed by atoms with E-state index in [0.717, 1.165) is 19.4 Å². The summed E-state index contributed by atoms with van der Waals surface area (Å²) in [7, 11) is 0. The van der Waals surface area contributed by atoms with Crippen LogP contribution in [0.5, 0.6) is 0 Å². The summed E-state index contributed by atoms with van der Waals surface area (Å²) in [6.45, 7) is 9.37. The summed E-state index contributed by atoms with van der Waals surface area (Å²) >= 11 is 0. The van der Waals surface area contributed by atoms with Crippen molar-refractivity contribution in [1.82, 2.24) is 10.6 Å². The zero-order chi connectivity index (χ0) is 14.3. The molecule has 2 rings (SSSR count). The van der Waals surface area contributed by atoms with E-state index in [2.05, 4.69) is 24.5 Å². The zero-order valence-corrected chi connectivity index (χ0v) is 12.5. The molecule has 1 heterocycles. The maximum Gasteiger partial charge on any atom is 0.123 e. The lowest BCUT2D eigenvalue weighted by atomic mass is 9.93. The van der Waals surface area contributed by atoms with Crippen LogP contribution in [-0.2, 0) is 0 Å². The van der Waals surface area contributed by atoms with Crippen LogP contribution in [-0.4, -0.2) is 18.6 Å². The minimum absolute atomic E-state index is 0. The van der Waals surface area contributed by atoms with E-state index in [9.17, 15) is 4.39 Å². The number of benzene rings is 1. The Bertz CT molecular complexity index is 354. The molecule has 0 radical (unpaired) electrons. The molecule has 1 aromatic rings. The molecule has 2 atom stereocenters. The Labute approximate surface area is 118 Å². The van der Waals surface area contributed by atoms with Gasteiger partial charge in [0.05, 0.1) is 0 Å². The number of rotatable bonds is 3. The number of hydrogen-bond donors (Lipinski definition) is 2. The van der Waals surface area contributed by atoms with Crippen LogP contribution in [0.3, 0.4) is 0 Å². The molecular formula is C16H29FN2. The summed E-state index contributed by atoms with van der Waals surface area (Å²) in [5.41, 5.74) is 1.18. The number of hydrogen-bond acceptors (Lipinski definition) is 2. The lowest BCUT2D eigenvalue weighted by Gasteiger charge is -2.32. The third kappa shape index (κ3) is 5.29. The van der Waals surface area contributed by atoms with Crippen LogP contribution in [0.15, 0.2) is 24.3 Å². The second-order valence-corrected chi connectivity index (χ2v) is 5.10. The number of nitrogens with one attached hydrogen (secondary N) is 2. The van der Waals surface area contributed by atoms with Crippen LogP contribution < -0.4 is 10.6 Å². The fraction of sp³-hybridized carbons (Fsp3) is 0.625. The van der Waals surface area contributed by atoms with Gasteiger partial charge in [-0.2, -0.15) is 0 Å². The lowest BCUT2D eigenvalue weighted by molar-refractivity contribution is 0.308. The van der Waals surface area contributed by atoms with Gasteiger partial charge in [-0.3, -0.25) is 0 Å². The number of piperidine rings is 1. The van der Waals surface area contributed by atoms with Crippen LogP contribution in [0.4, 0.5) is 4.39 Å². The second kappa shape index (κ2) is 8.28. The quantitative estimate of drug-likeness (QED) is 0.869. The molecule has 19 heavy (non-hydrogen) atoms. The van der Waals surface area contributed by atoms with Crippen molar-refractivity contribution < 1.29 is 5.82 Å². The molecule has 0 amide bonds. The van der Waals surface area contributed by atoms with E-state index >= 15 is 0 Å². The standard InChI is InChI=1S/C14H21FN2.C2H6.H2/c1-10(2)17-13-7-8-16-14(9-13)11-3-5-12(15)6-4-11;1-2;/h3-6,10,13-14,16-17H,7-9H2,1-2H3;1-2H3;1H/t13-,14+;;/m1../s1. The van der Waals surface area contributed by atoms with Crippen molar-refractivity contribution in [1.29, 1.82) is 0 Å². The molecule has 1 fully saturated rings. The Hall–Kier alpha value is -0.930. The summed E-state index contributed by atoms with van der Waals surface area (Å²) in [6, 6.07) is 8.27. The topological polar surface area (TPSA) is 24.1 Å². The Morgan fingerprint density at radius 3 is 2.47 bits per heavy atom. The Morgan fingerprint density at radius 1 is 1.26 bits per heavy atom. The van der Waals surface area contributed by atoms with Crippen molar-refractivity contribution in [3.8, 4) is 0 Å². The lowest BCUT2D eigenvalue weighted by Crippen LogP contribution is -2.44. The Morgan fingerprint density at radius 2 is 1.89 bits per heavy atom. The summed E-state index contributed by atoms with van der Waals surface area (Å²) < 4.78 is 12.9. The Balaban J connectivity index is 0.00000115. The van der Waals surface area contributed by atoms with E-state index in [1.54, 1.807) is 0 Å². The maximum atomic E-state index is 12.9. The first-order chi connectivity index (χ1) is 9.15. The molecule has 0 aliphatic carbocycles. The number of halogens is 1. The predicted molar refractivity (Wildman–Crippen MR) is 81.9 cm³/mol. The molecule has 1 aromatic carbocycles. The summed E-state index contributed by atoms with van der Waals surface area (Å²) in [5.74, 6) is -0.165. The van der Waals surface area contributed by atoms with Crippen molar-refractivity contribution in [3.63, 3.8) is 0 Å². The minimum Gasteiger partial charge on any atom is -0.312 e. The van der Waals surface area contributed by atoms with Crippen LogP contribution >= 0.6 is 0 Å². The monoisotopic (exact) mass is 268 g/mol. The molecule has 3 heteroatoms. The normalized spacial score (nSPS) is 22.8. The van der Waals surface area contributed by atoms with Gasteiger partial charge in [-0.15, -0.1) is 0 Å². The van der Waals surface area contributed by atoms with Gasteiger partial charge in [0.2, 0.25) is 0 Å². The van der Waals surface area contributed by atoms with Crippen molar-refractivity contribution >= 4 is 0 Å². The van der Waals surface area contributed by atoms with Crippen LogP contribution in [0.1, 0.15) is 53.6 Å². The fourth-order valence-corrected chi connectivity index (χ4v) is 2.49. The van der Waals surface area contributed by atoms with Crippen molar-refractivity contribution in [2.75, 3.05) is 6.54 Å². The van der Waals surface area contributed by atoms with Gasteiger partial charge in [0.25, 0.3) is 0 Å². The first-order valence-corrected chi connectivity index (χ1v) is 7.40. The predicted octanol–water partition coefficient (Wildman–Crippen LogP) is 3.89. The molecular weight excluding hydrogens is 239 g/mol. The van der Waals surface area contributed by atoms with E-state index in [4.69, 9.17) is 0 Å². The van der Waals surface area contributed by atoms with Crippen LogP contribution in [0.25, 0.3) is 0 Å². The molecule has 0 aromatic heterocycles. The molecule has 2 nitrogen and oxygen atoms in total. The molecule has 110 valence electrons. The van der Waals surface area contributed by atoms with Gasteiger partial charge in [0.1, 0.15) is 5.82 Å². The van der Waals surface area contributed by atoms with Gasteiger partial charge >= 0.3 is 0 Å². The minimum atomic E-state index is -0.165. The third-order valence-corrected chi connectivity index (χ3v) is 3.25. The van der Waals surface area contributed by atoms with Gasteiger partial charge in [-0.1, -0.05) is 39.8 Å². The first-order valence-electron chi connectivity index (χ1n) is 7.40. The smallest absolute Gasteiger partial charge is 0.123 e. The third-order valence-electron chi connectivity index (χ3n) is 3.25. The molecule has 2 N–H and O–H groups in total. The molecule has 0 bridgehead atoms. The van der Waals surface area contributed by atoms with E-state index in [-0.39, 0.29) is 7.24 Å². The highest BCUT2D eigenvalue weighted by atomic mass is 19.1. The van der Waals surface area contributed by atoms with E-state index in [1.807, 2.05) is 26.0 Å². The first kappa shape index (κ1) is 16.1. The summed E-state index contributed by atoms with van der Waals surface area (Å²) in [4.78, 5) is 0. The molecule has 1 aliphatic heterocycles. The highest BCUT2D eigenvalue weighted by Gasteiger charge is 2.22. The van der Waals surface area contributed by atoms with Gasteiger partial charge in [-0.25, -0.2) is 4.39 Å². The maximum absolute atomic E-state index is 12.9. The van der Waals surface area contributed by atoms with Gasteiger partial charge in [-0.05, 0) is 37.1 Å². The van der Waals surface area contributed by atoms with Crippen molar-refractivity contribution in [2.24, 2.45) is 0 Å². The van der Waals surface area contributed by atoms with E-state index in [1.165, 1.54) is 17.7 Å². The van der Waals surface area contributed by atoms with Crippen LogP contribution in [0.2, 0.25) is 0 Å². The average Bonchev–Trinajstić information content (AvgIpc) is 2.41. The summed E-state index contributed by atoms with van der Waals surface area (Å²) in [5, 5.41) is 7.07. The van der Waals surface area contributed by atoms with Crippen molar-refractivity contribution in [3.05, 3.63) is 35.6 Å². The molecule has 0 spiro atoms. The van der Waals surface area contributed by atoms with E-state index in [0.29, 0.717) is 18.1 Å². The molecule has 1 saturated heterocycles. The van der Waals surface area contributed by atoms with Crippen LogP contribution in [0, 0.1) is 5.82 Å². The van der Waals surface area contributed by atoms with Gasteiger partial charge in [0, 0.05) is 19.6 Å². The van der Waals surface area contributed by atoms with Gasteiger partial charge < -0.3 is 10.6 Å². The SMILES string of the molecule is CC.CC(C)N[C@@H]1CCN[C@H](c2ccc(F)cc2)C1.[HH]. The molecule has 0 unspecified atom stereocenters. The summed E-state index contributed by atoms with van der Waals surface area (Å²) in [6.07, 6.45) is 2.24. The average molecular weight is 268 g/mol. The Kier molecular flexibility index (Phi) is 7.03. The highest BCUT2D eigenvalue weighted by molar-refractivity contribution is 5.20. The van der Waals surface area contributed by atoms with Gasteiger partial charge in [0.15, 0.2) is 0 Å². The fourth-order valence-electron chi connectivity index (χ4n) is 2.49. The second-order valence-electron chi connectivity index (χ2n) is 5.10. The van der Waals surface area contributed by atoms with E-state index < -0.39 is 0 Å².